The van der Waals surface area contributed by atoms with E-state index in [-0.39, 0.29) is 0 Å². The van der Waals surface area contributed by atoms with Crippen molar-refractivity contribution in [1.82, 2.24) is 15.0 Å². The van der Waals surface area contributed by atoms with Gasteiger partial charge in [-0.3, -0.25) is 4.68 Å². The van der Waals surface area contributed by atoms with E-state index in [9.17, 15) is 0 Å². The molecule has 84 valence electrons. The number of nitrogens with zero attached hydrogens (tertiary/aromatic N) is 3. The highest BCUT2D eigenvalue weighted by Gasteiger charge is 2.06. The molecule has 0 radical (unpaired) electrons. The van der Waals surface area contributed by atoms with Gasteiger partial charge in [-0.15, -0.1) is 5.10 Å². The molecule has 2 aromatic rings. The second-order valence-electron chi connectivity index (χ2n) is 3.30. The van der Waals surface area contributed by atoms with Gasteiger partial charge >= 0.3 is 0 Å². The average Bonchev–Trinajstić information content (AvgIpc) is 2.64. The zero-order valence-corrected chi connectivity index (χ0v) is 10.1. The Kier molecular flexibility index (Phi) is 3.31. The molecule has 1 aromatic heterocycles. The first-order chi connectivity index (χ1) is 7.68. The van der Waals surface area contributed by atoms with Crippen molar-refractivity contribution in [2.45, 2.75) is 6.54 Å². The summed E-state index contributed by atoms with van der Waals surface area (Å²) in [5.41, 5.74) is 1.68. The van der Waals surface area contributed by atoms with E-state index in [1.165, 1.54) is 0 Å². The monoisotopic (exact) mass is 256 g/mol. The predicted octanol–water partition coefficient (Wildman–Crippen LogP) is 2.73. The molecule has 0 saturated carbocycles. The van der Waals surface area contributed by atoms with E-state index in [1.54, 1.807) is 23.0 Å². The van der Waals surface area contributed by atoms with Gasteiger partial charge in [0.1, 0.15) is 0 Å². The summed E-state index contributed by atoms with van der Waals surface area (Å²) in [7, 11) is 1.83. The van der Waals surface area contributed by atoms with Crippen LogP contribution < -0.4 is 5.32 Å². The van der Waals surface area contributed by atoms with Gasteiger partial charge in [-0.1, -0.05) is 34.5 Å². The number of aryl methyl sites for hydroxylation is 1. The van der Waals surface area contributed by atoms with Gasteiger partial charge < -0.3 is 5.32 Å². The van der Waals surface area contributed by atoms with Crippen LogP contribution >= 0.6 is 23.2 Å². The Bertz CT molecular complexity index is 475. The quantitative estimate of drug-likeness (QED) is 0.919. The van der Waals surface area contributed by atoms with Crippen LogP contribution in [0.2, 0.25) is 10.0 Å². The van der Waals surface area contributed by atoms with Crippen molar-refractivity contribution < 1.29 is 0 Å². The Balaban J connectivity index is 2.14. The van der Waals surface area contributed by atoms with Crippen molar-refractivity contribution in [3.8, 4) is 0 Å². The van der Waals surface area contributed by atoms with Crippen LogP contribution in [0.3, 0.4) is 0 Å². The Morgan fingerprint density at radius 2 is 2.00 bits per heavy atom. The number of anilines is 1. The third kappa shape index (κ3) is 2.28. The summed E-state index contributed by atoms with van der Waals surface area (Å²) in [6, 6.07) is 5.38. The summed E-state index contributed by atoms with van der Waals surface area (Å²) >= 11 is 12.0. The van der Waals surface area contributed by atoms with Gasteiger partial charge in [-0.2, -0.15) is 0 Å². The molecule has 0 aliphatic carbocycles. The van der Waals surface area contributed by atoms with E-state index in [2.05, 4.69) is 15.6 Å². The summed E-state index contributed by atoms with van der Waals surface area (Å²) in [5.74, 6) is 0. The lowest BCUT2D eigenvalue weighted by Crippen LogP contribution is -2.06. The molecule has 0 spiro atoms. The molecule has 16 heavy (non-hydrogen) atoms. The van der Waals surface area contributed by atoms with Crippen molar-refractivity contribution in [3.63, 3.8) is 0 Å². The van der Waals surface area contributed by atoms with Gasteiger partial charge in [0.2, 0.25) is 0 Å². The highest BCUT2D eigenvalue weighted by Crippen LogP contribution is 2.29. The highest BCUT2D eigenvalue weighted by atomic mass is 35.5. The van der Waals surface area contributed by atoms with Gasteiger partial charge in [-0.05, 0) is 12.1 Å². The number of hydrogen-bond donors (Lipinski definition) is 1. The first-order valence-corrected chi connectivity index (χ1v) is 5.45. The zero-order chi connectivity index (χ0) is 11.5. The number of rotatable bonds is 3. The van der Waals surface area contributed by atoms with Gasteiger partial charge in [0.15, 0.2) is 0 Å². The number of hydrogen-bond acceptors (Lipinski definition) is 3. The summed E-state index contributed by atoms with van der Waals surface area (Å²) in [5, 5.41) is 12.0. The molecule has 0 fully saturated rings. The molecular weight excluding hydrogens is 247 g/mol. The fraction of sp³-hybridized carbons (Fsp3) is 0.200. The molecule has 2 rings (SSSR count). The third-order valence-electron chi connectivity index (χ3n) is 2.22. The number of halogens is 2. The molecule has 1 heterocycles. The Labute approximate surface area is 103 Å². The fourth-order valence-electron chi connectivity index (χ4n) is 1.32. The van der Waals surface area contributed by atoms with E-state index in [0.717, 1.165) is 11.4 Å². The summed E-state index contributed by atoms with van der Waals surface area (Å²) in [6.07, 6.45) is 1.69. The predicted molar refractivity (Wildman–Crippen MR) is 64.8 cm³/mol. The molecule has 0 aliphatic heterocycles. The van der Waals surface area contributed by atoms with Crippen LogP contribution in [-0.2, 0) is 13.6 Å². The Morgan fingerprint density at radius 1 is 1.31 bits per heavy atom. The molecule has 0 saturated heterocycles. The second kappa shape index (κ2) is 4.72. The standard InChI is InChI=1S/C10H10Cl2N4/c1-16-7(6-14-15-16)5-13-10-8(11)3-2-4-9(10)12/h2-4,6,13H,5H2,1H3. The Morgan fingerprint density at radius 3 is 2.56 bits per heavy atom. The maximum absolute atomic E-state index is 6.02. The van der Waals surface area contributed by atoms with Crippen molar-refractivity contribution in [3.05, 3.63) is 40.1 Å². The van der Waals surface area contributed by atoms with E-state index in [1.807, 2.05) is 13.1 Å². The molecule has 0 atom stereocenters. The largest absolute Gasteiger partial charge is 0.377 e. The van der Waals surface area contributed by atoms with Crippen molar-refractivity contribution in [1.29, 1.82) is 0 Å². The normalized spacial score (nSPS) is 10.4. The molecule has 1 aromatic carbocycles. The minimum absolute atomic E-state index is 0.576. The minimum Gasteiger partial charge on any atom is -0.377 e. The number of aromatic nitrogens is 3. The zero-order valence-electron chi connectivity index (χ0n) is 8.61. The highest BCUT2D eigenvalue weighted by molar-refractivity contribution is 6.39. The smallest absolute Gasteiger partial charge is 0.0774 e. The molecule has 0 aliphatic rings. The third-order valence-corrected chi connectivity index (χ3v) is 2.85. The van der Waals surface area contributed by atoms with Gasteiger partial charge in [-0.25, -0.2) is 0 Å². The van der Waals surface area contributed by atoms with Crippen LogP contribution in [0.25, 0.3) is 0 Å². The molecule has 1 N–H and O–H groups in total. The molecule has 0 bridgehead atoms. The van der Waals surface area contributed by atoms with Crippen molar-refractivity contribution in [2.75, 3.05) is 5.32 Å². The van der Waals surface area contributed by atoms with E-state index in [4.69, 9.17) is 23.2 Å². The van der Waals surface area contributed by atoms with Crippen molar-refractivity contribution >= 4 is 28.9 Å². The van der Waals surface area contributed by atoms with Crippen LogP contribution in [0.1, 0.15) is 5.69 Å². The summed E-state index contributed by atoms with van der Waals surface area (Å²) < 4.78 is 1.69. The molecular formula is C10H10Cl2N4. The second-order valence-corrected chi connectivity index (χ2v) is 4.11. The summed E-state index contributed by atoms with van der Waals surface area (Å²) in [6.45, 7) is 0.576. The molecule has 0 unspecified atom stereocenters. The SMILES string of the molecule is Cn1nncc1CNc1c(Cl)cccc1Cl. The van der Waals surface area contributed by atoms with Gasteiger partial charge in [0.05, 0.1) is 34.2 Å². The average molecular weight is 257 g/mol. The summed E-state index contributed by atoms with van der Waals surface area (Å²) in [4.78, 5) is 0. The van der Waals surface area contributed by atoms with E-state index in [0.29, 0.717) is 16.6 Å². The van der Waals surface area contributed by atoms with Crippen LogP contribution in [-0.4, -0.2) is 15.0 Å². The minimum atomic E-state index is 0.576. The van der Waals surface area contributed by atoms with E-state index < -0.39 is 0 Å². The van der Waals surface area contributed by atoms with Crippen LogP contribution in [0.15, 0.2) is 24.4 Å². The number of nitrogens with one attached hydrogen (secondary N) is 1. The lowest BCUT2D eigenvalue weighted by Gasteiger charge is -2.09. The van der Waals surface area contributed by atoms with Crippen molar-refractivity contribution in [2.24, 2.45) is 7.05 Å². The lowest BCUT2D eigenvalue weighted by molar-refractivity contribution is 0.683. The fourth-order valence-corrected chi connectivity index (χ4v) is 1.85. The maximum Gasteiger partial charge on any atom is 0.0774 e. The number of para-hydroxylation sites is 1. The molecule has 4 nitrogen and oxygen atoms in total. The van der Waals surface area contributed by atoms with Gasteiger partial charge in [0.25, 0.3) is 0 Å². The van der Waals surface area contributed by atoms with Crippen LogP contribution in [0.5, 0.6) is 0 Å². The lowest BCUT2D eigenvalue weighted by atomic mass is 10.3. The first kappa shape index (κ1) is 11.2. The Hall–Kier alpha value is -1.26. The topological polar surface area (TPSA) is 42.7 Å². The van der Waals surface area contributed by atoms with Crippen LogP contribution in [0.4, 0.5) is 5.69 Å². The maximum atomic E-state index is 6.02. The van der Waals surface area contributed by atoms with Crippen LogP contribution in [0, 0.1) is 0 Å². The molecule has 0 amide bonds. The van der Waals surface area contributed by atoms with E-state index >= 15 is 0 Å². The first-order valence-electron chi connectivity index (χ1n) is 4.70. The molecule has 6 heteroatoms. The number of benzene rings is 1. The van der Waals surface area contributed by atoms with Gasteiger partial charge in [0, 0.05) is 7.05 Å².